The van der Waals surface area contributed by atoms with Gasteiger partial charge in [0, 0.05) is 10.7 Å². The molecule has 0 saturated carbocycles. The fraction of sp³-hybridized carbons (Fsp3) is 0.0526. The van der Waals surface area contributed by atoms with E-state index in [4.69, 9.17) is 5.73 Å². The van der Waals surface area contributed by atoms with Gasteiger partial charge in [-0.2, -0.15) is 4.39 Å². The maximum atomic E-state index is 14.7. The lowest BCUT2D eigenvalue weighted by molar-refractivity contribution is 0.1000. The Bertz CT molecular complexity index is 1070. The molecule has 8 heteroatoms. The summed E-state index contributed by atoms with van der Waals surface area (Å²) in [5.74, 6) is -2.85. The lowest BCUT2D eigenvalue weighted by atomic mass is 10.1. The Morgan fingerprint density at radius 1 is 1.15 bits per heavy atom. The molecule has 3 rings (SSSR count). The zero-order valence-electron chi connectivity index (χ0n) is 13.9. The minimum absolute atomic E-state index is 0.0593. The highest BCUT2D eigenvalue weighted by Crippen LogP contribution is 2.26. The molecule has 3 N–H and O–H groups in total. The number of amides is 1. The molecule has 3 aromatic rings. The molecule has 0 aliphatic heterocycles. The summed E-state index contributed by atoms with van der Waals surface area (Å²) < 4.78 is 30.3. The molecule has 0 unspecified atom stereocenters. The first-order chi connectivity index (χ1) is 12.9. The lowest BCUT2D eigenvalue weighted by Crippen LogP contribution is -2.28. The fourth-order valence-electron chi connectivity index (χ4n) is 2.56. The number of anilines is 2. The molecule has 0 aliphatic carbocycles. The number of nitrogens with two attached hydrogens (primary N) is 1. The van der Waals surface area contributed by atoms with Crippen LogP contribution in [0.5, 0.6) is 0 Å². The number of carbonyl (C=O) groups is 1. The van der Waals surface area contributed by atoms with E-state index in [0.717, 1.165) is 10.1 Å². The lowest BCUT2D eigenvalue weighted by Gasteiger charge is -2.15. The predicted octanol–water partition coefficient (Wildman–Crippen LogP) is 3.78. The van der Waals surface area contributed by atoms with E-state index in [1.165, 1.54) is 24.4 Å². The summed E-state index contributed by atoms with van der Waals surface area (Å²) in [7, 11) is 0. The van der Waals surface area contributed by atoms with Crippen LogP contribution in [0.3, 0.4) is 0 Å². The summed E-state index contributed by atoms with van der Waals surface area (Å²) in [6, 6.07) is 12.9. The van der Waals surface area contributed by atoms with Crippen molar-refractivity contribution in [2.75, 3.05) is 5.32 Å². The Kier molecular flexibility index (Phi) is 5.36. The Labute approximate surface area is 161 Å². The molecule has 0 bridgehead atoms. The summed E-state index contributed by atoms with van der Waals surface area (Å²) in [4.78, 5) is 24.2. The van der Waals surface area contributed by atoms with Gasteiger partial charge < -0.3 is 15.6 Å². The van der Waals surface area contributed by atoms with Gasteiger partial charge in [-0.3, -0.25) is 9.59 Å². The first-order valence-electron chi connectivity index (χ1n) is 7.85. The van der Waals surface area contributed by atoms with Crippen molar-refractivity contribution in [1.29, 1.82) is 0 Å². The number of nitrogens with one attached hydrogen (secondary N) is 1. The summed E-state index contributed by atoms with van der Waals surface area (Å²) in [5.41, 5.74) is 4.32. The van der Waals surface area contributed by atoms with Crippen LogP contribution in [-0.2, 0) is 6.54 Å². The van der Waals surface area contributed by atoms with Gasteiger partial charge in [0.25, 0.3) is 11.5 Å². The highest BCUT2D eigenvalue weighted by atomic mass is 79.9. The third-order valence-electron chi connectivity index (χ3n) is 3.87. The number of pyridine rings is 1. The van der Waals surface area contributed by atoms with Crippen molar-refractivity contribution in [2.45, 2.75) is 6.54 Å². The fourth-order valence-corrected chi connectivity index (χ4v) is 2.90. The first kappa shape index (κ1) is 18.8. The molecule has 0 aliphatic rings. The molecule has 27 heavy (non-hydrogen) atoms. The van der Waals surface area contributed by atoms with Gasteiger partial charge in [-0.05, 0) is 23.8 Å². The average Bonchev–Trinajstić information content (AvgIpc) is 2.63. The van der Waals surface area contributed by atoms with Gasteiger partial charge in [-0.15, -0.1) is 0 Å². The highest BCUT2D eigenvalue weighted by Gasteiger charge is 2.20. The van der Waals surface area contributed by atoms with Gasteiger partial charge in [-0.1, -0.05) is 46.3 Å². The zero-order valence-corrected chi connectivity index (χ0v) is 15.5. The van der Waals surface area contributed by atoms with Crippen molar-refractivity contribution in [2.24, 2.45) is 5.73 Å². The van der Waals surface area contributed by atoms with E-state index < -0.39 is 28.8 Å². The van der Waals surface area contributed by atoms with Crippen LogP contribution in [0.25, 0.3) is 0 Å². The monoisotopic (exact) mass is 433 g/mol. The number of aromatic nitrogens is 1. The van der Waals surface area contributed by atoms with Crippen molar-refractivity contribution >= 4 is 33.2 Å². The molecule has 0 spiro atoms. The van der Waals surface area contributed by atoms with Crippen LogP contribution in [0, 0.1) is 11.6 Å². The van der Waals surface area contributed by atoms with Gasteiger partial charge >= 0.3 is 0 Å². The van der Waals surface area contributed by atoms with E-state index in [-0.39, 0.29) is 17.8 Å². The number of rotatable bonds is 5. The second-order valence-corrected chi connectivity index (χ2v) is 6.68. The molecular formula is C19H14BrF2N3O2. The van der Waals surface area contributed by atoms with Crippen LogP contribution >= 0.6 is 15.9 Å². The molecule has 1 heterocycles. The SMILES string of the molecule is NC(=O)c1cn(Cc2ccccc2)c(=O)c(F)c1Nc1ccc(Br)cc1F. The largest absolute Gasteiger partial charge is 0.365 e. The summed E-state index contributed by atoms with van der Waals surface area (Å²) in [5, 5.41) is 2.46. The van der Waals surface area contributed by atoms with Crippen LogP contribution in [0.4, 0.5) is 20.2 Å². The zero-order chi connectivity index (χ0) is 19.6. The molecule has 0 fully saturated rings. The minimum Gasteiger partial charge on any atom is -0.365 e. The number of nitrogens with zero attached hydrogens (tertiary/aromatic N) is 1. The second kappa shape index (κ2) is 7.71. The van der Waals surface area contributed by atoms with Gasteiger partial charge in [0.15, 0.2) is 0 Å². The Morgan fingerprint density at radius 3 is 2.48 bits per heavy atom. The molecule has 5 nitrogen and oxygen atoms in total. The van der Waals surface area contributed by atoms with Crippen LogP contribution in [-0.4, -0.2) is 10.5 Å². The molecule has 0 saturated heterocycles. The quantitative estimate of drug-likeness (QED) is 0.642. The van der Waals surface area contributed by atoms with Crippen LogP contribution in [0.1, 0.15) is 15.9 Å². The second-order valence-electron chi connectivity index (χ2n) is 5.76. The molecule has 2 aromatic carbocycles. The number of halogens is 3. The van der Waals surface area contributed by atoms with Crippen molar-refractivity contribution in [1.82, 2.24) is 4.57 Å². The Hall–Kier alpha value is -3.00. The molecule has 0 atom stereocenters. The van der Waals surface area contributed by atoms with E-state index in [1.54, 1.807) is 24.3 Å². The third-order valence-corrected chi connectivity index (χ3v) is 4.37. The molecule has 0 radical (unpaired) electrons. The maximum absolute atomic E-state index is 14.7. The van der Waals surface area contributed by atoms with E-state index >= 15 is 0 Å². The number of benzene rings is 2. The van der Waals surface area contributed by atoms with E-state index in [0.29, 0.717) is 4.47 Å². The van der Waals surface area contributed by atoms with Crippen molar-refractivity contribution in [3.05, 3.63) is 92.3 Å². The number of hydrogen-bond donors (Lipinski definition) is 2. The normalized spacial score (nSPS) is 10.6. The minimum atomic E-state index is -1.22. The summed E-state index contributed by atoms with van der Waals surface area (Å²) in [6.07, 6.45) is 1.17. The van der Waals surface area contributed by atoms with Crippen molar-refractivity contribution in [3.8, 4) is 0 Å². The van der Waals surface area contributed by atoms with Gasteiger partial charge in [-0.25, -0.2) is 4.39 Å². The summed E-state index contributed by atoms with van der Waals surface area (Å²) >= 11 is 3.12. The maximum Gasteiger partial charge on any atom is 0.289 e. The number of primary amides is 1. The van der Waals surface area contributed by atoms with Crippen molar-refractivity contribution < 1.29 is 13.6 Å². The van der Waals surface area contributed by atoms with Crippen LogP contribution < -0.4 is 16.6 Å². The standard InChI is InChI=1S/C19H14BrF2N3O2/c20-12-6-7-15(14(21)8-12)24-17-13(18(23)26)10-25(19(27)16(17)22)9-11-4-2-1-3-5-11/h1-8,10,24H,9H2,(H2,23,26). The predicted molar refractivity (Wildman–Crippen MR) is 102 cm³/mol. The number of hydrogen-bond acceptors (Lipinski definition) is 3. The van der Waals surface area contributed by atoms with E-state index in [1.807, 2.05) is 6.07 Å². The third kappa shape index (κ3) is 4.06. The number of carbonyl (C=O) groups excluding carboxylic acids is 1. The Balaban J connectivity index is 2.07. The van der Waals surface area contributed by atoms with Gasteiger partial charge in [0.2, 0.25) is 5.82 Å². The smallest absolute Gasteiger partial charge is 0.289 e. The molecule has 1 aromatic heterocycles. The molecular weight excluding hydrogens is 420 g/mol. The first-order valence-corrected chi connectivity index (χ1v) is 8.65. The van der Waals surface area contributed by atoms with Crippen molar-refractivity contribution in [3.63, 3.8) is 0 Å². The summed E-state index contributed by atoms with van der Waals surface area (Å²) in [6.45, 7) is 0.0593. The highest BCUT2D eigenvalue weighted by molar-refractivity contribution is 9.10. The van der Waals surface area contributed by atoms with Crippen LogP contribution in [0.2, 0.25) is 0 Å². The van der Waals surface area contributed by atoms with Crippen LogP contribution in [0.15, 0.2) is 64.0 Å². The van der Waals surface area contributed by atoms with E-state index in [9.17, 15) is 18.4 Å². The Morgan fingerprint density at radius 2 is 1.85 bits per heavy atom. The van der Waals surface area contributed by atoms with Gasteiger partial charge in [0.05, 0.1) is 23.5 Å². The molecule has 138 valence electrons. The molecule has 1 amide bonds. The van der Waals surface area contributed by atoms with Gasteiger partial charge in [0.1, 0.15) is 5.82 Å². The average molecular weight is 434 g/mol. The topological polar surface area (TPSA) is 77.1 Å². The van der Waals surface area contributed by atoms with E-state index in [2.05, 4.69) is 21.2 Å².